The van der Waals surface area contributed by atoms with Gasteiger partial charge in [0.1, 0.15) is 23.2 Å². The molecule has 0 aliphatic rings. The van der Waals surface area contributed by atoms with Crippen LogP contribution in [0.5, 0.6) is 0 Å². The Morgan fingerprint density at radius 2 is 1.74 bits per heavy atom. The number of carbonyl (C=O) groups excluding carboxylic acids is 1. The van der Waals surface area contributed by atoms with E-state index >= 15 is 0 Å². The summed E-state index contributed by atoms with van der Waals surface area (Å²) in [4.78, 5) is 21.0. The number of hydrogen-bond acceptors (Lipinski definition) is 4. The number of halogens is 1. The average molecular weight is 364 g/mol. The van der Waals surface area contributed by atoms with Crippen LogP contribution < -0.4 is 10.6 Å². The zero-order chi connectivity index (χ0) is 19.4. The number of para-hydroxylation sites is 1. The molecule has 0 fully saturated rings. The Balaban J connectivity index is 1.78. The van der Waals surface area contributed by atoms with Crippen LogP contribution in [0.4, 0.5) is 21.6 Å². The number of aryl methyl sites for hydroxylation is 1. The Morgan fingerprint density at radius 1 is 1.04 bits per heavy atom. The van der Waals surface area contributed by atoms with E-state index in [4.69, 9.17) is 0 Å². The van der Waals surface area contributed by atoms with E-state index in [1.165, 1.54) is 17.7 Å². The Morgan fingerprint density at radius 3 is 2.41 bits per heavy atom. The molecule has 0 saturated carbocycles. The number of hydrogen-bond donors (Lipinski definition) is 2. The third-order valence-electron chi connectivity index (χ3n) is 4.04. The molecular formula is C21H21FN4O. The molecule has 1 heterocycles. The number of anilines is 3. The van der Waals surface area contributed by atoms with Crippen molar-refractivity contribution in [2.45, 2.75) is 26.7 Å². The molecule has 6 heteroatoms. The van der Waals surface area contributed by atoms with E-state index in [2.05, 4.69) is 34.4 Å². The molecule has 27 heavy (non-hydrogen) atoms. The van der Waals surface area contributed by atoms with Crippen LogP contribution in [0.2, 0.25) is 0 Å². The second-order valence-electron chi connectivity index (χ2n) is 6.52. The van der Waals surface area contributed by atoms with Gasteiger partial charge in [-0.25, -0.2) is 14.4 Å². The van der Waals surface area contributed by atoms with Crippen molar-refractivity contribution in [3.63, 3.8) is 0 Å². The van der Waals surface area contributed by atoms with E-state index in [9.17, 15) is 9.18 Å². The second kappa shape index (κ2) is 7.95. The van der Waals surface area contributed by atoms with Gasteiger partial charge in [0.15, 0.2) is 0 Å². The fourth-order valence-electron chi connectivity index (χ4n) is 2.60. The van der Waals surface area contributed by atoms with Crippen LogP contribution >= 0.6 is 0 Å². The van der Waals surface area contributed by atoms with E-state index in [-0.39, 0.29) is 17.3 Å². The van der Waals surface area contributed by atoms with Gasteiger partial charge < -0.3 is 10.6 Å². The molecule has 1 aromatic heterocycles. The third kappa shape index (κ3) is 4.67. The SMILES string of the molecule is Cc1nc(Nc2ccccc2F)cc(C(=O)Nc2ccc(C(C)C)cc2)n1. The molecule has 2 aromatic carbocycles. The minimum absolute atomic E-state index is 0.203. The van der Waals surface area contributed by atoms with Gasteiger partial charge in [-0.05, 0) is 42.7 Å². The predicted octanol–water partition coefficient (Wildman–Crippen LogP) is 5.04. The Kier molecular flexibility index (Phi) is 5.45. The number of nitrogens with one attached hydrogen (secondary N) is 2. The molecule has 138 valence electrons. The largest absolute Gasteiger partial charge is 0.338 e. The summed E-state index contributed by atoms with van der Waals surface area (Å²) in [5.41, 5.74) is 2.37. The molecule has 0 radical (unpaired) electrons. The van der Waals surface area contributed by atoms with Crippen molar-refractivity contribution in [3.8, 4) is 0 Å². The van der Waals surface area contributed by atoms with Gasteiger partial charge in [0.05, 0.1) is 5.69 Å². The lowest BCUT2D eigenvalue weighted by atomic mass is 10.0. The molecule has 5 nitrogen and oxygen atoms in total. The van der Waals surface area contributed by atoms with E-state index in [1.54, 1.807) is 25.1 Å². The number of benzene rings is 2. The van der Waals surface area contributed by atoms with Gasteiger partial charge in [-0.2, -0.15) is 0 Å². The highest BCUT2D eigenvalue weighted by Gasteiger charge is 2.12. The molecule has 0 saturated heterocycles. The predicted molar refractivity (Wildman–Crippen MR) is 105 cm³/mol. The van der Waals surface area contributed by atoms with Gasteiger partial charge in [0, 0.05) is 11.8 Å². The number of carbonyl (C=O) groups is 1. The highest BCUT2D eigenvalue weighted by Crippen LogP contribution is 2.20. The fraction of sp³-hybridized carbons (Fsp3) is 0.190. The van der Waals surface area contributed by atoms with Gasteiger partial charge in [0.2, 0.25) is 0 Å². The van der Waals surface area contributed by atoms with Crippen molar-refractivity contribution in [2.75, 3.05) is 10.6 Å². The van der Waals surface area contributed by atoms with Gasteiger partial charge >= 0.3 is 0 Å². The van der Waals surface area contributed by atoms with Gasteiger partial charge in [-0.1, -0.05) is 38.1 Å². The topological polar surface area (TPSA) is 66.9 Å². The van der Waals surface area contributed by atoms with Crippen LogP contribution in [-0.2, 0) is 0 Å². The van der Waals surface area contributed by atoms with Crippen molar-refractivity contribution in [2.24, 2.45) is 0 Å². The lowest BCUT2D eigenvalue weighted by molar-refractivity contribution is 0.102. The summed E-state index contributed by atoms with van der Waals surface area (Å²) >= 11 is 0. The van der Waals surface area contributed by atoms with Gasteiger partial charge in [-0.3, -0.25) is 4.79 Å². The van der Waals surface area contributed by atoms with Gasteiger partial charge in [-0.15, -0.1) is 0 Å². The van der Waals surface area contributed by atoms with Crippen molar-refractivity contribution in [3.05, 3.63) is 77.5 Å². The zero-order valence-electron chi connectivity index (χ0n) is 15.5. The number of aromatic nitrogens is 2. The Bertz CT molecular complexity index is 955. The lowest BCUT2D eigenvalue weighted by Crippen LogP contribution is -2.15. The monoisotopic (exact) mass is 364 g/mol. The maximum Gasteiger partial charge on any atom is 0.274 e. The quantitative estimate of drug-likeness (QED) is 0.665. The molecule has 0 unspecified atom stereocenters. The molecule has 1 amide bonds. The zero-order valence-corrected chi connectivity index (χ0v) is 15.5. The summed E-state index contributed by atoms with van der Waals surface area (Å²) < 4.78 is 13.8. The van der Waals surface area contributed by atoms with Crippen molar-refractivity contribution in [1.29, 1.82) is 0 Å². The van der Waals surface area contributed by atoms with Crippen molar-refractivity contribution in [1.82, 2.24) is 9.97 Å². The molecule has 0 bridgehead atoms. The highest BCUT2D eigenvalue weighted by atomic mass is 19.1. The van der Waals surface area contributed by atoms with E-state index in [1.807, 2.05) is 24.3 Å². The first-order valence-corrected chi connectivity index (χ1v) is 8.71. The molecule has 3 rings (SSSR count). The maximum absolute atomic E-state index is 13.8. The maximum atomic E-state index is 13.8. The van der Waals surface area contributed by atoms with Crippen LogP contribution in [0.3, 0.4) is 0 Å². The summed E-state index contributed by atoms with van der Waals surface area (Å²) in [6.45, 7) is 5.91. The van der Waals surface area contributed by atoms with Crippen molar-refractivity contribution >= 4 is 23.1 Å². The van der Waals surface area contributed by atoms with Gasteiger partial charge in [0.25, 0.3) is 5.91 Å². The second-order valence-corrected chi connectivity index (χ2v) is 6.52. The normalized spacial score (nSPS) is 10.7. The first kappa shape index (κ1) is 18.5. The molecule has 0 atom stereocenters. The average Bonchev–Trinajstić information content (AvgIpc) is 2.63. The minimum atomic E-state index is -0.398. The Hall–Kier alpha value is -3.28. The summed E-state index contributed by atoms with van der Waals surface area (Å²) in [6, 6.07) is 15.5. The van der Waals surface area contributed by atoms with E-state index < -0.39 is 5.82 Å². The number of rotatable bonds is 5. The van der Waals surface area contributed by atoms with E-state index in [0.717, 1.165) is 0 Å². The first-order chi connectivity index (χ1) is 12.9. The van der Waals surface area contributed by atoms with Crippen LogP contribution in [0.15, 0.2) is 54.6 Å². The molecule has 3 aromatic rings. The molecule has 0 aliphatic carbocycles. The summed E-state index contributed by atoms with van der Waals surface area (Å²) in [5, 5.41) is 5.71. The number of amides is 1. The summed E-state index contributed by atoms with van der Waals surface area (Å²) in [6.07, 6.45) is 0. The third-order valence-corrected chi connectivity index (χ3v) is 4.04. The standard InChI is InChI=1S/C21H21FN4O/c1-13(2)15-8-10-16(11-9-15)25-21(27)19-12-20(24-14(3)23-19)26-18-7-5-4-6-17(18)22/h4-13H,1-3H3,(H,25,27)(H,23,24,26). The smallest absolute Gasteiger partial charge is 0.274 e. The molecule has 2 N–H and O–H groups in total. The Labute approximate surface area is 157 Å². The molecule has 0 aliphatic heterocycles. The van der Waals surface area contributed by atoms with E-state index in [0.29, 0.717) is 23.2 Å². The molecule has 0 spiro atoms. The summed E-state index contributed by atoms with van der Waals surface area (Å²) in [5.74, 6) is 0.440. The highest BCUT2D eigenvalue weighted by molar-refractivity contribution is 6.03. The van der Waals surface area contributed by atoms with Crippen LogP contribution in [0.1, 0.15) is 41.6 Å². The minimum Gasteiger partial charge on any atom is -0.338 e. The van der Waals surface area contributed by atoms with Crippen molar-refractivity contribution < 1.29 is 9.18 Å². The van der Waals surface area contributed by atoms with Crippen LogP contribution in [0, 0.1) is 12.7 Å². The summed E-state index contributed by atoms with van der Waals surface area (Å²) in [7, 11) is 0. The molecular weight excluding hydrogens is 343 g/mol. The fourth-order valence-corrected chi connectivity index (χ4v) is 2.60. The van der Waals surface area contributed by atoms with Crippen LogP contribution in [0.25, 0.3) is 0 Å². The first-order valence-electron chi connectivity index (χ1n) is 8.71. The number of nitrogens with zero attached hydrogens (tertiary/aromatic N) is 2. The van der Waals surface area contributed by atoms with Crippen LogP contribution in [-0.4, -0.2) is 15.9 Å². The lowest BCUT2D eigenvalue weighted by Gasteiger charge is -2.10.